The summed E-state index contributed by atoms with van der Waals surface area (Å²) >= 11 is 1.52. The fraction of sp³-hybridized carbons (Fsp3) is 0.333. The van der Waals surface area contributed by atoms with Gasteiger partial charge in [0.1, 0.15) is 0 Å². The molecule has 0 aliphatic heterocycles. The third-order valence-electron chi connectivity index (χ3n) is 3.61. The first-order valence-electron chi connectivity index (χ1n) is 6.51. The Hall–Kier alpha value is -1.68. The molecule has 0 saturated heterocycles. The van der Waals surface area contributed by atoms with E-state index in [-0.39, 0.29) is 5.78 Å². The van der Waals surface area contributed by atoms with Crippen LogP contribution in [0.3, 0.4) is 0 Å². The summed E-state index contributed by atoms with van der Waals surface area (Å²) in [5.41, 5.74) is 3.09. The monoisotopic (exact) mass is 272 g/mol. The van der Waals surface area contributed by atoms with E-state index >= 15 is 0 Å². The number of nitrogens with one attached hydrogen (secondary N) is 1. The molecule has 1 heterocycles. The molecule has 3 nitrogen and oxygen atoms in total. The van der Waals surface area contributed by atoms with Crippen LogP contribution in [-0.4, -0.2) is 10.4 Å². The predicted octanol–water partition coefficient (Wildman–Crippen LogP) is 2.71. The highest BCUT2D eigenvalue weighted by Crippen LogP contribution is 2.24. The first kappa shape index (κ1) is 12.4. The topological polar surface area (TPSA) is 45.9 Å². The van der Waals surface area contributed by atoms with Gasteiger partial charge in [-0.05, 0) is 26.2 Å². The summed E-state index contributed by atoms with van der Waals surface area (Å²) < 4.78 is 1.88. The second-order valence-electron chi connectivity index (χ2n) is 5.01. The quantitative estimate of drug-likeness (QED) is 0.858. The van der Waals surface area contributed by atoms with Gasteiger partial charge in [-0.3, -0.25) is 10.2 Å². The average Bonchev–Trinajstić information content (AvgIpc) is 2.94. The van der Waals surface area contributed by atoms with Gasteiger partial charge in [-0.25, -0.2) is 0 Å². The summed E-state index contributed by atoms with van der Waals surface area (Å²) in [7, 11) is 0. The molecule has 4 heteroatoms. The van der Waals surface area contributed by atoms with Crippen LogP contribution in [0.15, 0.2) is 24.3 Å². The summed E-state index contributed by atoms with van der Waals surface area (Å²) in [6, 6.07) is 7.65. The number of benzene rings is 1. The Kier molecular flexibility index (Phi) is 3.11. The van der Waals surface area contributed by atoms with Crippen molar-refractivity contribution in [2.75, 3.05) is 0 Å². The lowest BCUT2D eigenvalue weighted by atomic mass is 10.1. The number of Topliss-reactive ketones (excluding diaryl/α,β-unsaturated/α-hetero) is 1. The first-order chi connectivity index (χ1) is 9.15. The molecule has 0 spiro atoms. The van der Waals surface area contributed by atoms with Gasteiger partial charge in [0.05, 0.1) is 6.54 Å². The van der Waals surface area contributed by atoms with E-state index in [0.717, 1.165) is 30.4 Å². The number of thiazole rings is 1. The van der Waals surface area contributed by atoms with Crippen molar-refractivity contribution in [3.63, 3.8) is 0 Å². The highest BCUT2D eigenvalue weighted by molar-refractivity contribution is 7.09. The van der Waals surface area contributed by atoms with Crippen LogP contribution in [0.5, 0.6) is 0 Å². The molecule has 1 N–H and O–H groups in total. The Morgan fingerprint density at radius 2 is 2.05 bits per heavy atom. The highest BCUT2D eigenvalue weighted by Gasteiger charge is 2.20. The maximum absolute atomic E-state index is 12.3. The zero-order valence-electron chi connectivity index (χ0n) is 10.9. The third kappa shape index (κ3) is 2.28. The van der Waals surface area contributed by atoms with Gasteiger partial charge >= 0.3 is 0 Å². The van der Waals surface area contributed by atoms with Crippen molar-refractivity contribution in [3.8, 4) is 0 Å². The number of carbonyl (C=O) groups excluding carboxylic acids is 1. The second kappa shape index (κ2) is 4.78. The number of aromatic nitrogens is 1. The Morgan fingerprint density at radius 3 is 2.79 bits per heavy atom. The predicted molar refractivity (Wildman–Crippen MR) is 75.7 cm³/mol. The fourth-order valence-corrected chi connectivity index (χ4v) is 3.63. The van der Waals surface area contributed by atoms with E-state index in [1.807, 2.05) is 35.8 Å². The first-order valence-corrected chi connectivity index (χ1v) is 7.32. The lowest BCUT2D eigenvalue weighted by Gasteiger charge is -2.06. The van der Waals surface area contributed by atoms with E-state index in [9.17, 15) is 4.79 Å². The number of hydrogen-bond acceptors (Lipinski definition) is 3. The molecule has 98 valence electrons. The van der Waals surface area contributed by atoms with E-state index in [1.165, 1.54) is 21.9 Å². The molecule has 0 fully saturated rings. The molecule has 1 aromatic carbocycles. The van der Waals surface area contributed by atoms with Crippen molar-refractivity contribution >= 4 is 17.1 Å². The van der Waals surface area contributed by atoms with Crippen LogP contribution < -0.4 is 4.80 Å². The number of hydrogen-bond donors (Lipinski definition) is 1. The highest BCUT2D eigenvalue weighted by atomic mass is 32.1. The van der Waals surface area contributed by atoms with Crippen LogP contribution in [0.25, 0.3) is 0 Å². The molecule has 19 heavy (non-hydrogen) atoms. The lowest BCUT2D eigenvalue weighted by molar-refractivity contribution is 0.0970. The summed E-state index contributed by atoms with van der Waals surface area (Å²) in [5.74, 6) is 0.0889. The number of fused-ring (bicyclic) bond motifs is 1. The Balaban J connectivity index is 1.88. The van der Waals surface area contributed by atoms with Crippen molar-refractivity contribution in [3.05, 3.63) is 50.8 Å². The molecule has 0 unspecified atom stereocenters. The van der Waals surface area contributed by atoms with Crippen molar-refractivity contribution in [2.24, 2.45) is 0 Å². The molecular weight excluding hydrogens is 256 g/mol. The molecule has 0 atom stereocenters. The Morgan fingerprint density at radius 1 is 1.32 bits per heavy atom. The summed E-state index contributed by atoms with van der Waals surface area (Å²) in [6.45, 7) is 2.31. The smallest absolute Gasteiger partial charge is 0.182 e. The maximum Gasteiger partial charge on any atom is 0.182 e. The van der Waals surface area contributed by atoms with Gasteiger partial charge in [0, 0.05) is 16.1 Å². The minimum absolute atomic E-state index is 0.0889. The van der Waals surface area contributed by atoms with Crippen molar-refractivity contribution in [2.45, 2.75) is 32.7 Å². The molecule has 0 amide bonds. The van der Waals surface area contributed by atoms with Gasteiger partial charge in [0.15, 0.2) is 10.6 Å². The second-order valence-corrected chi connectivity index (χ2v) is 6.09. The van der Waals surface area contributed by atoms with Gasteiger partial charge in [0.25, 0.3) is 0 Å². The van der Waals surface area contributed by atoms with E-state index in [4.69, 9.17) is 5.41 Å². The molecule has 1 aromatic heterocycles. The number of carbonyl (C=O) groups is 1. The van der Waals surface area contributed by atoms with Crippen LogP contribution in [-0.2, 0) is 19.4 Å². The van der Waals surface area contributed by atoms with Gasteiger partial charge < -0.3 is 4.57 Å². The van der Waals surface area contributed by atoms with E-state index in [0.29, 0.717) is 11.3 Å². The van der Waals surface area contributed by atoms with Gasteiger partial charge in [-0.1, -0.05) is 29.8 Å². The SMILES string of the molecule is Cc1ccc(C(=O)Cn2c3c(sc2=N)CCC3)cc1. The molecule has 0 radical (unpaired) electrons. The Labute approximate surface area is 116 Å². The van der Waals surface area contributed by atoms with Crippen LogP contribution in [0.2, 0.25) is 0 Å². The van der Waals surface area contributed by atoms with Crippen molar-refractivity contribution < 1.29 is 4.79 Å². The Bertz CT molecular complexity index is 679. The maximum atomic E-state index is 12.3. The standard InChI is InChI=1S/C15H16N2OS/c1-10-5-7-11(8-6-10)13(18)9-17-12-3-2-4-14(12)19-15(17)16/h5-8,16H,2-4,9H2,1H3. The molecule has 1 aliphatic carbocycles. The van der Waals surface area contributed by atoms with Crippen molar-refractivity contribution in [1.82, 2.24) is 4.57 Å². The average molecular weight is 272 g/mol. The molecule has 3 rings (SSSR count). The third-order valence-corrected chi connectivity index (χ3v) is 4.71. The number of rotatable bonds is 3. The minimum Gasteiger partial charge on any atom is -0.313 e. The van der Waals surface area contributed by atoms with Crippen LogP contribution in [0.4, 0.5) is 0 Å². The number of nitrogens with zero attached hydrogens (tertiary/aromatic N) is 1. The largest absolute Gasteiger partial charge is 0.313 e. The van der Waals surface area contributed by atoms with Crippen molar-refractivity contribution in [1.29, 1.82) is 5.41 Å². The van der Waals surface area contributed by atoms with Gasteiger partial charge in [0.2, 0.25) is 0 Å². The van der Waals surface area contributed by atoms with Crippen LogP contribution in [0.1, 0.15) is 32.9 Å². The van der Waals surface area contributed by atoms with E-state index in [1.54, 1.807) is 0 Å². The molecule has 0 saturated carbocycles. The lowest BCUT2D eigenvalue weighted by Crippen LogP contribution is -2.21. The zero-order valence-corrected chi connectivity index (χ0v) is 11.7. The summed E-state index contributed by atoms with van der Waals surface area (Å²) in [5, 5.41) is 7.99. The van der Waals surface area contributed by atoms with E-state index in [2.05, 4.69) is 0 Å². The van der Waals surface area contributed by atoms with Gasteiger partial charge in [-0.15, -0.1) is 11.3 Å². The molecule has 1 aliphatic rings. The van der Waals surface area contributed by atoms with E-state index < -0.39 is 0 Å². The fourth-order valence-electron chi connectivity index (χ4n) is 2.53. The molecule has 0 bridgehead atoms. The zero-order chi connectivity index (χ0) is 13.4. The normalized spacial score (nSPS) is 13.5. The minimum atomic E-state index is 0.0889. The van der Waals surface area contributed by atoms with Crippen LogP contribution in [0, 0.1) is 12.3 Å². The molecular formula is C15H16N2OS. The number of aryl methyl sites for hydroxylation is 2. The van der Waals surface area contributed by atoms with Gasteiger partial charge in [-0.2, -0.15) is 0 Å². The summed E-state index contributed by atoms with van der Waals surface area (Å²) in [4.78, 5) is 14.1. The molecule has 2 aromatic rings. The van der Waals surface area contributed by atoms with Crippen LogP contribution >= 0.6 is 11.3 Å². The summed E-state index contributed by atoms with van der Waals surface area (Å²) in [6.07, 6.45) is 3.23. The number of ketones is 1.